The quantitative estimate of drug-likeness (QED) is 0.171. The van der Waals surface area contributed by atoms with Crippen molar-refractivity contribution in [2.45, 2.75) is 13.1 Å². The molecule has 4 nitrogen and oxygen atoms in total. The summed E-state index contributed by atoms with van der Waals surface area (Å²) >= 11 is 0. The predicted octanol–water partition coefficient (Wildman–Crippen LogP) is 11.1. The first-order chi connectivity index (χ1) is 26.5. The summed E-state index contributed by atoms with van der Waals surface area (Å²) in [5, 5.41) is 10.3. The van der Waals surface area contributed by atoms with Gasteiger partial charge in [-0.1, -0.05) is 153 Å². The molecule has 254 valence electrons. The van der Waals surface area contributed by atoms with Crippen LogP contribution in [0.5, 0.6) is 0 Å². The summed E-state index contributed by atoms with van der Waals surface area (Å²) in [6, 6.07) is 60.9. The summed E-state index contributed by atoms with van der Waals surface area (Å²) in [7, 11) is -2.16. The van der Waals surface area contributed by atoms with Crippen LogP contribution in [0, 0.1) is 0 Å². The number of aromatic nitrogens is 4. The molecule has 0 fully saturated rings. The Labute approximate surface area is 314 Å². The van der Waals surface area contributed by atoms with Gasteiger partial charge in [0.05, 0.1) is 11.0 Å². The highest BCUT2D eigenvalue weighted by Gasteiger charge is 2.40. The van der Waals surface area contributed by atoms with Gasteiger partial charge < -0.3 is 4.57 Å². The van der Waals surface area contributed by atoms with Crippen LogP contribution in [0.4, 0.5) is 0 Å². The predicted molar refractivity (Wildman–Crippen MR) is 228 cm³/mol. The third-order valence-electron chi connectivity index (χ3n) is 11.4. The van der Waals surface area contributed by atoms with Crippen LogP contribution in [0.1, 0.15) is 0 Å². The molecule has 1 aliphatic heterocycles. The average Bonchev–Trinajstić information content (AvgIpc) is 3.69. The maximum atomic E-state index is 5.37. The molecule has 0 bridgehead atoms. The van der Waals surface area contributed by atoms with Gasteiger partial charge in [-0.05, 0) is 73.4 Å². The van der Waals surface area contributed by atoms with Crippen LogP contribution < -0.4 is 10.4 Å². The molecule has 0 atom stereocenters. The Bertz CT molecular complexity index is 3130. The van der Waals surface area contributed by atoms with Gasteiger partial charge in [0.1, 0.15) is 8.07 Å². The summed E-state index contributed by atoms with van der Waals surface area (Å²) in [5.74, 6) is 1.98. The van der Waals surface area contributed by atoms with E-state index in [2.05, 4.69) is 169 Å². The number of benzene rings is 8. The van der Waals surface area contributed by atoms with Gasteiger partial charge in [0.15, 0.2) is 17.5 Å². The smallest absolute Gasteiger partial charge is 0.164 e. The zero-order valence-electron chi connectivity index (χ0n) is 30.0. The summed E-state index contributed by atoms with van der Waals surface area (Å²) < 4.78 is 2.42. The minimum atomic E-state index is -2.16. The van der Waals surface area contributed by atoms with E-state index >= 15 is 0 Å². The van der Waals surface area contributed by atoms with E-state index in [0.29, 0.717) is 17.5 Å². The summed E-state index contributed by atoms with van der Waals surface area (Å²) in [4.78, 5) is 15.8. The molecule has 3 heterocycles. The molecule has 0 saturated heterocycles. The fraction of sp³-hybridized carbons (Fsp3) is 0.0408. The molecule has 0 radical (unpaired) electrons. The lowest BCUT2D eigenvalue weighted by atomic mass is 9.94. The normalized spacial score (nSPS) is 13.1. The average molecular weight is 707 g/mol. The zero-order chi connectivity index (χ0) is 36.0. The molecule has 5 heteroatoms. The number of nitrogens with zero attached hydrogens (tertiary/aromatic N) is 4. The highest BCUT2D eigenvalue weighted by atomic mass is 28.3. The second-order valence-electron chi connectivity index (χ2n) is 14.8. The van der Waals surface area contributed by atoms with Crippen molar-refractivity contribution in [3.8, 4) is 51.0 Å². The molecule has 0 unspecified atom stereocenters. The lowest BCUT2D eigenvalue weighted by Crippen LogP contribution is -2.49. The van der Waals surface area contributed by atoms with Crippen LogP contribution in [0.3, 0.4) is 0 Å². The second-order valence-corrected chi connectivity index (χ2v) is 19.1. The molecule has 0 spiro atoms. The van der Waals surface area contributed by atoms with Gasteiger partial charge in [0.2, 0.25) is 0 Å². The molecule has 2 aromatic heterocycles. The molecule has 10 aromatic rings. The third-order valence-corrected chi connectivity index (χ3v) is 14.9. The highest BCUT2D eigenvalue weighted by Crippen LogP contribution is 2.44. The number of rotatable bonds is 4. The lowest BCUT2D eigenvalue weighted by Gasteiger charge is -2.22. The van der Waals surface area contributed by atoms with E-state index < -0.39 is 8.07 Å². The molecular formula is C49H34N4Si. The van der Waals surface area contributed by atoms with Crippen LogP contribution in [0.2, 0.25) is 13.1 Å². The van der Waals surface area contributed by atoms with Crippen molar-refractivity contribution in [1.29, 1.82) is 0 Å². The minimum absolute atomic E-state index is 0.656. The summed E-state index contributed by atoms with van der Waals surface area (Å²) in [6.07, 6.45) is 0. The van der Waals surface area contributed by atoms with E-state index in [0.717, 1.165) is 33.3 Å². The number of fused-ring (bicyclic) bond motifs is 10. The third kappa shape index (κ3) is 4.52. The second kappa shape index (κ2) is 11.7. The Hall–Kier alpha value is -6.69. The van der Waals surface area contributed by atoms with Gasteiger partial charge in [-0.3, -0.25) is 0 Å². The van der Waals surface area contributed by atoms with Crippen molar-refractivity contribution < 1.29 is 0 Å². The highest BCUT2D eigenvalue weighted by molar-refractivity contribution is 7.05. The van der Waals surface area contributed by atoms with Crippen LogP contribution in [-0.2, 0) is 0 Å². The van der Waals surface area contributed by atoms with Crippen LogP contribution in [-0.4, -0.2) is 27.6 Å². The monoisotopic (exact) mass is 706 g/mol. The van der Waals surface area contributed by atoms with Crippen molar-refractivity contribution in [2.24, 2.45) is 0 Å². The molecule has 1 aliphatic rings. The Kier molecular flexibility index (Phi) is 6.67. The van der Waals surface area contributed by atoms with Crippen LogP contribution in [0.25, 0.3) is 94.3 Å². The number of hydrogen-bond acceptors (Lipinski definition) is 3. The Morgan fingerprint density at radius 2 is 1.09 bits per heavy atom. The van der Waals surface area contributed by atoms with Crippen molar-refractivity contribution in [3.63, 3.8) is 0 Å². The molecule has 0 amide bonds. The first-order valence-corrected chi connectivity index (χ1v) is 21.5. The van der Waals surface area contributed by atoms with Crippen molar-refractivity contribution in [3.05, 3.63) is 170 Å². The molecule has 0 saturated carbocycles. The fourth-order valence-corrected chi connectivity index (χ4v) is 12.4. The SMILES string of the molecule is C[Si]1(C)c2ccccc2-c2ccc3c(-c4nc(-c5ccccc5)nc(-c5ccc6ccccc6c5)n4)cc4c(c5ccccc5n4-c4ccccc4)c3c21. The van der Waals surface area contributed by atoms with Gasteiger partial charge in [-0.2, -0.15) is 0 Å². The van der Waals surface area contributed by atoms with Crippen LogP contribution in [0.15, 0.2) is 170 Å². The van der Waals surface area contributed by atoms with Crippen LogP contribution >= 0.6 is 0 Å². The van der Waals surface area contributed by atoms with E-state index in [-0.39, 0.29) is 0 Å². The fourth-order valence-electron chi connectivity index (χ4n) is 8.94. The van der Waals surface area contributed by atoms with E-state index in [1.165, 1.54) is 53.9 Å². The molecule has 0 aliphatic carbocycles. The van der Waals surface area contributed by atoms with Gasteiger partial charge in [-0.15, -0.1) is 0 Å². The number of hydrogen-bond donors (Lipinski definition) is 0. The topological polar surface area (TPSA) is 43.6 Å². The molecule has 11 rings (SSSR count). The lowest BCUT2D eigenvalue weighted by molar-refractivity contribution is 1.08. The Morgan fingerprint density at radius 3 is 1.93 bits per heavy atom. The first-order valence-electron chi connectivity index (χ1n) is 18.5. The Balaban J connectivity index is 1.30. The first kappa shape index (κ1) is 30.9. The largest absolute Gasteiger partial charge is 0.309 e. The van der Waals surface area contributed by atoms with Gasteiger partial charge >= 0.3 is 0 Å². The maximum absolute atomic E-state index is 5.37. The van der Waals surface area contributed by atoms with E-state index in [4.69, 9.17) is 15.0 Å². The Morgan fingerprint density at radius 1 is 0.426 bits per heavy atom. The van der Waals surface area contributed by atoms with Crippen molar-refractivity contribution >= 4 is 61.8 Å². The molecule has 54 heavy (non-hydrogen) atoms. The van der Waals surface area contributed by atoms with E-state index in [1.54, 1.807) is 0 Å². The summed E-state index contributed by atoms with van der Waals surface area (Å²) in [6.45, 7) is 5.03. The van der Waals surface area contributed by atoms with Crippen molar-refractivity contribution in [2.75, 3.05) is 0 Å². The standard InChI is InChI=1S/C49H34N4Si/c1-54(2)43-24-14-12-21-36(43)38-28-27-37-40(30-42-44(45(37)46(38)54)39-22-11-13-23-41(39)53(42)35-19-7-4-8-20-35)49-51-47(32-16-5-3-6-17-32)50-48(52-49)34-26-25-31-15-9-10-18-33(31)29-34/h3-30H,1-2H3. The minimum Gasteiger partial charge on any atom is -0.309 e. The molecule has 0 N–H and O–H groups in total. The van der Waals surface area contributed by atoms with Gasteiger partial charge in [0, 0.05) is 33.2 Å². The zero-order valence-corrected chi connectivity index (χ0v) is 31.0. The maximum Gasteiger partial charge on any atom is 0.164 e. The number of para-hydroxylation sites is 2. The van der Waals surface area contributed by atoms with E-state index in [1.807, 2.05) is 18.2 Å². The molecular weight excluding hydrogens is 673 g/mol. The molecule has 8 aromatic carbocycles. The van der Waals surface area contributed by atoms with Crippen molar-refractivity contribution in [1.82, 2.24) is 19.5 Å². The van der Waals surface area contributed by atoms with Gasteiger partial charge in [-0.25, -0.2) is 15.0 Å². The van der Waals surface area contributed by atoms with E-state index in [9.17, 15) is 0 Å². The summed E-state index contributed by atoms with van der Waals surface area (Å²) in [5.41, 5.74) is 9.08. The van der Waals surface area contributed by atoms with Gasteiger partial charge in [0.25, 0.3) is 0 Å².